The molecule has 9 heteroatoms. The molecular formula is C21H21N5O4. The number of amides is 1. The van der Waals surface area contributed by atoms with Crippen LogP contribution < -0.4 is 20.7 Å². The van der Waals surface area contributed by atoms with Gasteiger partial charge in [0.2, 0.25) is 0 Å². The maximum atomic E-state index is 12.5. The van der Waals surface area contributed by atoms with Gasteiger partial charge in [0.15, 0.2) is 11.5 Å². The molecule has 154 valence electrons. The minimum absolute atomic E-state index is 0.0470. The third-order valence-electron chi connectivity index (χ3n) is 4.99. The van der Waals surface area contributed by atoms with Crippen LogP contribution in [0.4, 0.5) is 11.5 Å². The fraction of sp³-hybridized carbons (Fsp3) is 0.238. The molecule has 2 aromatic rings. The highest BCUT2D eigenvalue weighted by Gasteiger charge is 2.20. The average Bonchev–Trinajstić information content (AvgIpc) is 3.12. The Balaban J connectivity index is 1.48. The summed E-state index contributed by atoms with van der Waals surface area (Å²) in [6.45, 7) is 0. The zero-order valence-electron chi connectivity index (χ0n) is 16.4. The summed E-state index contributed by atoms with van der Waals surface area (Å²) in [6, 6.07) is 7.54. The van der Waals surface area contributed by atoms with Gasteiger partial charge in [0, 0.05) is 23.2 Å². The largest absolute Gasteiger partial charge is 0.497 e. The highest BCUT2D eigenvalue weighted by atomic mass is 16.5. The molecule has 1 aromatic heterocycles. The number of nitrogens with zero attached hydrogens (tertiary/aromatic N) is 2. The Bertz CT molecular complexity index is 1060. The molecule has 0 atom stereocenters. The number of aromatic carboxylic acids is 1. The molecule has 3 heterocycles. The van der Waals surface area contributed by atoms with Gasteiger partial charge in [-0.05, 0) is 49.9 Å². The normalized spacial score (nSPS) is 15.0. The zero-order valence-corrected chi connectivity index (χ0v) is 16.4. The van der Waals surface area contributed by atoms with E-state index in [1.165, 1.54) is 36.7 Å². The van der Waals surface area contributed by atoms with E-state index in [0.717, 1.165) is 31.4 Å². The molecule has 0 unspecified atom stereocenters. The molecule has 1 aromatic carbocycles. The van der Waals surface area contributed by atoms with E-state index in [2.05, 4.69) is 32.2 Å². The fourth-order valence-electron chi connectivity index (χ4n) is 3.44. The highest BCUT2D eigenvalue weighted by Crippen LogP contribution is 2.28. The summed E-state index contributed by atoms with van der Waals surface area (Å²) in [6.07, 6.45) is 6.03. The van der Waals surface area contributed by atoms with Gasteiger partial charge in [0.05, 0.1) is 18.4 Å². The first-order valence-corrected chi connectivity index (χ1v) is 9.55. The van der Waals surface area contributed by atoms with Crippen LogP contribution in [0.5, 0.6) is 5.75 Å². The number of nitrogens with one attached hydrogen (secondary N) is 3. The number of aromatic nitrogens is 2. The van der Waals surface area contributed by atoms with Crippen molar-refractivity contribution in [3.05, 3.63) is 64.8 Å². The van der Waals surface area contributed by atoms with Crippen LogP contribution in [0, 0.1) is 0 Å². The number of methoxy groups -OCH3 is 1. The smallest absolute Gasteiger partial charge is 0.337 e. The summed E-state index contributed by atoms with van der Waals surface area (Å²) in [5.41, 5.74) is 3.65. The van der Waals surface area contributed by atoms with Crippen LogP contribution in [0.15, 0.2) is 53.5 Å². The number of ether oxygens (including phenoxy) is 1. The second kappa shape index (κ2) is 8.24. The number of carboxylic acid groups (broad SMARTS) is 1. The molecule has 0 radical (unpaired) electrons. The zero-order chi connectivity index (χ0) is 21.1. The Morgan fingerprint density at radius 3 is 2.73 bits per heavy atom. The Hall–Kier alpha value is -3.88. The van der Waals surface area contributed by atoms with Crippen molar-refractivity contribution < 1.29 is 19.4 Å². The molecule has 1 amide bonds. The van der Waals surface area contributed by atoms with Gasteiger partial charge in [0.1, 0.15) is 5.75 Å². The first-order valence-electron chi connectivity index (χ1n) is 9.55. The van der Waals surface area contributed by atoms with E-state index in [1.807, 2.05) is 0 Å². The van der Waals surface area contributed by atoms with E-state index in [-0.39, 0.29) is 16.9 Å². The number of rotatable bonds is 6. The quantitative estimate of drug-likeness (QED) is 0.576. The van der Waals surface area contributed by atoms with Crippen molar-refractivity contribution in [3.8, 4) is 5.75 Å². The van der Waals surface area contributed by atoms with Gasteiger partial charge < -0.3 is 25.8 Å². The molecule has 1 saturated heterocycles. The predicted octanol–water partition coefficient (Wildman–Crippen LogP) is 3.12. The number of carboxylic acids is 1. The van der Waals surface area contributed by atoms with E-state index in [4.69, 9.17) is 4.74 Å². The Kier molecular flexibility index (Phi) is 5.34. The van der Waals surface area contributed by atoms with Crippen molar-refractivity contribution in [1.82, 2.24) is 15.5 Å². The molecule has 2 aliphatic rings. The van der Waals surface area contributed by atoms with Crippen LogP contribution in [0.2, 0.25) is 0 Å². The van der Waals surface area contributed by atoms with Crippen molar-refractivity contribution in [2.45, 2.75) is 25.7 Å². The SMILES string of the molecule is COc1ccc(C(=O)O)c(NC(=O)c2ccc(NC3=C4CCC(=CCC3)N4)nn2)c1. The lowest BCUT2D eigenvalue weighted by atomic mass is 10.1. The first-order chi connectivity index (χ1) is 14.5. The van der Waals surface area contributed by atoms with Crippen LogP contribution in [0.25, 0.3) is 0 Å². The number of carbonyl (C=O) groups is 2. The molecule has 1 fully saturated rings. The summed E-state index contributed by atoms with van der Waals surface area (Å²) in [7, 11) is 1.46. The van der Waals surface area contributed by atoms with Crippen molar-refractivity contribution in [2.24, 2.45) is 0 Å². The number of carbonyl (C=O) groups excluding carboxylic acids is 1. The molecule has 4 N–H and O–H groups in total. The van der Waals surface area contributed by atoms with E-state index in [0.29, 0.717) is 11.6 Å². The van der Waals surface area contributed by atoms with Crippen LogP contribution >= 0.6 is 0 Å². The van der Waals surface area contributed by atoms with Crippen LogP contribution in [0.1, 0.15) is 46.5 Å². The maximum absolute atomic E-state index is 12.5. The Labute approximate surface area is 172 Å². The second-order valence-corrected chi connectivity index (χ2v) is 6.95. The minimum Gasteiger partial charge on any atom is -0.497 e. The molecule has 30 heavy (non-hydrogen) atoms. The molecule has 0 spiro atoms. The molecule has 2 aliphatic heterocycles. The number of allylic oxidation sites excluding steroid dienone is 4. The molecular weight excluding hydrogens is 386 g/mol. The molecule has 0 saturated carbocycles. The maximum Gasteiger partial charge on any atom is 0.337 e. The Morgan fingerprint density at radius 2 is 2.00 bits per heavy atom. The predicted molar refractivity (Wildman–Crippen MR) is 110 cm³/mol. The lowest BCUT2D eigenvalue weighted by Crippen LogP contribution is -2.17. The third-order valence-corrected chi connectivity index (χ3v) is 4.99. The van der Waals surface area contributed by atoms with Gasteiger partial charge >= 0.3 is 5.97 Å². The minimum atomic E-state index is -1.16. The van der Waals surface area contributed by atoms with E-state index < -0.39 is 11.9 Å². The third kappa shape index (κ3) is 4.09. The molecule has 0 aliphatic carbocycles. The van der Waals surface area contributed by atoms with Gasteiger partial charge in [-0.2, -0.15) is 0 Å². The molecule has 4 rings (SSSR count). The summed E-state index contributed by atoms with van der Waals surface area (Å²) >= 11 is 0. The number of hydrogen-bond donors (Lipinski definition) is 4. The monoisotopic (exact) mass is 407 g/mol. The van der Waals surface area contributed by atoms with Gasteiger partial charge in [-0.15, -0.1) is 10.2 Å². The van der Waals surface area contributed by atoms with E-state index in [1.54, 1.807) is 12.1 Å². The van der Waals surface area contributed by atoms with E-state index >= 15 is 0 Å². The average molecular weight is 407 g/mol. The van der Waals surface area contributed by atoms with Crippen LogP contribution in [-0.2, 0) is 0 Å². The van der Waals surface area contributed by atoms with Crippen molar-refractivity contribution in [1.29, 1.82) is 0 Å². The summed E-state index contributed by atoms with van der Waals surface area (Å²) in [4.78, 5) is 24.0. The summed E-state index contributed by atoms with van der Waals surface area (Å²) in [5, 5.41) is 26.7. The summed E-state index contributed by atoms with van der Waals surface area (Å²) in [5.74, 6) is -0.752. The number of benzene rings is 1. The van der Waals surface area contributed by atoms with E-state index in [9.17, 15) is 14.7 Å². The first kappa shape index (κ1) is 19.4. The standard InChI is InChI=1S/C21H21N5O4/c1-30-13-6-7-14(21(28)29)18(11-13)24-20(27)17-9-10-19(26-25-17)23-15-4-2-3-12-5-8-16(15)22-12/h3,6-7,9-11,22H,2,4-5,8H2,1H3,(H,23,26)(H,24,27)(H,28,29). The van der Waals surface area contributed by atoms with Crippen LogP contribution in [0.3, 0.4) is 0 Å². The fourth-order valence-corrected chi connectivity index (χ4v) is 3.44. The van der Waals surface area contributed by atoms with Gasteiger partial charge in [-0.3, -0.25) is 4.79 Å². The number of fused-ring (bicyclic) bond motifs is 2. The highest BCUT2D eigenvalue weighted by molar-refractivity contribution is 6.06. The molecule has 2 bridgehead atoms. The molecule has 9 nitrogen and oxygen atoms in total. The van der Waals surface area contributed by atoms with Crippen LogP contribution in [-0.4, -0.2) is 34.3 Å². The number of anilines is 2. The van der Waals surface area contributed by atoms with Gasteiger partial charge in [-0.1, -0.05) is 6.08 Å². The topological polar surface area (TPSA) is 125 Å². The van der Waals surface area contributed by atoms with Crippen molar-refractivity contribution in [2.75, 3.05) is 17.7 Å². The Morgan fingerprint density at radius 1 is 1.13 bits per heavy atom. The van der Waals surface area contributed by atoms with Gasteiger partial charge in [0.25, 0.3) is 5.91 Å². The summed E-state index contributed by atoms with van der Waals surface area (Å²) < 4.78 is 5.10. The lowest BCUT2D eigenvalue weighted by molar-refractivity contribution is 0.0698. The lowest BCUT2D eigenvalue weighted by Gasteiger charge is -2.12. The second-order valence-electron chi connectivity index (χ2n) is 6.95. The number of hydrogen-bond acceptors (Lipinski definition) is 7. The van der Waals surface area contributed by atoms with Crippen molar-refractivity contribution in [3.63, 3.8) is 0 Å². The van der Waals surface area contributed by atoms with Gasteiger partial charge in [-0.25, -0.2) is 4.79 Å². The van der Waals surface area contributed by atoms with Crippen molar-refractivity contribution >= 4 is 23.4 Å².